The van der Waals surface area contributed by atoms with Gasteiger partial charge < -0.3 is 20.3 Å². The highest BCUT2D eigenvalue weighted by molar-refractivity contribution is 6.30. The van der Waals surface area contributed by atoms with Gasteiger partial charge in [-0.15, -0.1) is 0 Å². The van der Waals surface area contributed by atoms with E-state index >= 15 is 0 Å². The summed E-state index contributed by atoms with van der Waals surface area (Å²) in [4.78, 5) is 25.8. The zero-order valence-corrected chi connectivity index (χ0v) is 14.6. The Morgan fingerprint density at radius 1 is 1.33 bits per heavy atom. The van der Waals surface area contributed by atoms with E-state index in [9.17, 15) is 9.59 Å². The first kappa shape index (κ1) is 18.5. The lowest BCUT2D eigenvalue weighted by atomic mass is 9.93. The van der Waals surface area contributed by atoms with Gasteiger partial charge in [-0.2, -0.15) is 0 Å². The summed E-state index contributed by atoms with van der Waals surface area (Å²) < 4.78 is 4.90. The number of benzene rings is 1. The van der Waals surface area contributed by atoms with E-state index in [2.05, 4.69) is 10.6 Å². The van der Waals surface area contributed by atoms with E-state index in [0.29, 0.717) is 49.3 Å². The van der Waals surface area contributed by atoms with Crippen molar-refractivity contribution in [3.05, 3.63) is 29.3 Å². The summed E-state index contributed by atoms with van der Waals surface area (Å²) in [7, 11) is 1.61. The summed E-state index contributed by atoms with van der Waals surface area (Å²) in [5.74, 6) is 0.372. The standard InChI is InChI=1S/C17H24ClN3O3/c1-24-10-7-19-16(22)11-13-5-8-21(9-6-13)17(23)20-15-4-2-3-14(18)12-15/h2-4,12-13H,5-11H2,1H3,(H,19,22)(H,20,23). The van der Waals surface area contributed by atoms with Gasteiger partial charge in [0.1, 0.15) is 0 Å². The average molecular weight is 354 g/mol. The SMILES string of the molecule is COCCNC(=O)CC1CCN(C(=O)Nc2cccc(Cl)c2)CC1. The molecule has 0 radical (unpaired) electrons. The molecule has 0 spiro atoms. The number of nitrogens with one attached hydrogen (secondary N) is 2. The summed E-state index contributed by atoms with van der Waals surface area (Å²) in [6.45, 7) is 2.37. The Bertz CT molecular complexity index is 560. The zero-order valence-electron chi connectivity index (χ0n) is 13.9. The largest absolute Gasteiger partial charge is 0.383 e. The van der Waals surface area contributed by atoms with Gasteiger partial charge in [0.05, 0.1) is 6.61 Å². The number of rotatable bonds is 6. The van der Waals surface area contributed by atoms with Crippen molar-refractivity contribution < 1.29 is 14.3 Å². The monoisotopic (exact) mass is 353 g/mol. The molecule has 1 aliphatic heterocycles. The van der Waals surface area contributed by atoms with Crippen LogP contribution in [0.2, 0.25) is 5.02 Å². The molecule has 2 N–H and O–H groups in total. The molecule has 0 aliphatic carbocycles. The Morgan fingerprint density at radius 2 is 2.08 bits per heavy atom. The molecule has 0 saturated carbocycles. The van der Waals surface area contributed by atoms with Gasteiger partial charge in [-0.05, 0) is 37.0 Å². The van der Waals surface area contributed by atoms with Gasteiger partial charge in [0.15, 0.2) is 0 Å². The van der Waals surface area contributed by atoms with Crippen molar-refractivity contribution in [1.29, 1.82) is 0 Å². The van der Waals surface area contributed by atoms with E-state index in [1.165, 1.54) is 0 Å². The summed E-state index contributed by atoms with van der Waals surface area (Å²) >= 11 is 5.92. The van der Waals surface area contributed by atoms with E-state index in [4.69, 9.17) is 16.3 Å². The number of hydrogen-bond acceptors (Lipinski definition) is 3. The number of methoxy groups -OCH3 is 1. The van der Waals surface area contributed by atoms with Crippen molar-refractivity contribution in [2.45, 2.75) is 19.3 Å². The minimum atomic E-state index is -0.125. The van der Waals surface area contributed by atoms with Crippen LogP contribution in [0.1, 0.15) is 19.3 Å². The van der Waals surface area contributed by atoms with Crippen LogP contribution in [0.5, 0.6) is 0 Å². The van der Waals surface area contributed by atoms with Crippen LogP contribution in [0.25, 0.3) is 0 Å². The number of anilines is 1. The molecule has 2 rings (SSSR count). The molecule has 0 unspecified atom stereocenters. The molecule has 3 amide bonds. The molecule has 1 fully saturated rings. The molecule has 132 valence electrons. The first-order chi connectivity index (χ1) is 11.6. The third kappa shape index (κ3) is 6.02. The van der Waals surface area contributed by atoms with Crippen LogP contribution in [0.4, 0.5) is 10.5 Å². The third-order valence-corrected chi connectivity index (χ3v) is 4.32. The maximum Gasteiger partial charge on any atom is 0.321 e. The van der Waals surface area contributed by atoms with E-state index in [0.717, 1.165) is 12.8 Å². The molecule has 0 bridgehead atoms. The molecule has 0 aromatic heterocycles. The third-order valence-electron chi connectivity index (χ3n) is 4.08. The molecule has 1 saturated heterocycles. The Labute approximate surface area is 147 Å². The second-order valence-corrected chi connectivity index (χ2v) is 6.35. The first-order valence-corrected chi connectivity index (χ1v) is 8.53. The first-order valence-electron chi connectivity index (χ1n) is 8.15. The highest BCUT2D eigenvalue weighted by Crippen LogP contribution is 2.22. The number of halogens is 1. The molecule has 7 heteroatoms. The molecule has 1 heterocycles. The second kappa shape index (κ2) is 9.49. The maximum absolute atomic E-state index is 12.3. The number of carbonyl (C=O) groups excluding carboxylic acids is 2. The normalized spacial score (nSPS) is 15.2. The van der Waals surface area contributed by atoms with Crippen LogP contribution in [0.3, 0.4) is 0 Å². The lowest BCUT2D eigenvalue weighted by Crippen LogP contribution is -2.42. The number of likely N-dealkylation sites (tertiary alicyclic amines) is 1. The number of ether oxygens (including phenoxy) is 1. The summed E-state index contributed by atoms with van der Waals surface area (Å²) in [5, 5.41) is 6.27. The minimum absolute atomic E-state index is 0.0499. The number of piperidine rings is 1. The molecule has 24 heavy (non-hydrogen) atoms. The van der Waals surface area contributed by atoms with Gasteiger partial charge in [-0.1, -0.05) is 17.7 Å². The van der Waals surface area contributed by atoms with Crippen LogP contribution in [0, 0.1) is 5.92 Å². The Hall–Kier alpha value is -1.79. The fourth-order valence-electron chi connectivity index (χ4n) is 2.74. The van der Waals surface area contributed by atoms with Crippen LogP contribution in [0.15, 0.2) is 24.3 Å². The van der Waals surface area contributed by atoms with Crippen LogP contribution in [-0.4, -0.2) is 50.2 Å². The minimum Gasteiger partial charge on any atom is -0.383 e. The summed E-state index contributed by atoms with van der Waals surface area (Å²) in [6, 6.07) is 6.96. The Balaban J connectivity index is 1.72. The fourth-order valence-corrected chi connectivity index (χ4v) is 2.93. The van der Waals surface area contributed by atoms with Crippen LogP contribution >= 0.6 is 11.6 Å². The van der Waals surface area contributed by atoms with Crippen molar-refractivity contribution in [3.63, 3.8) is 0 Å². The quantitative estimate of drug-likeness (QED) is 0.772. The maximum atomic E-state index is 12.3. The number of carbonyl (C=O) groups is 2. The number of nitrogens with zero attached hydrogens (tertiary/aromatic N) is 1. The number of hydrogen-bond donors (Lipinski definition) is 2. The van der Waals surface area contributed by atoms with Gasteiger partial charge in [0.25, 0.3) is 0 Å². The van der Waals surface area contributed by atoms with Gasteiger partial charge >= 0.3 is 6.03 Å². The number of amides is 3. The highest BCUT2D eigenvalue weighted by Gasteiger charge is 2.24. The van der Waals surface area contributed by atoms with Gasteiger partial charge in [-0.3, -0.25) is 4.79 Å². The van der Waals surface area contributed by atoms with Crippen molar-refractivity contribution >= 4 is 29.2 Å². The molecular formula is C17H24ClN3O3. The highest BCUT2D eigenvalue weighted by atomic mass is 35.5. The number of urea groups is 1. The summed E-state index contributed by atoms with van der Waals surface area (Å²) in [5.41, 5.74) is 0.687. The van der Waals surface area contributed by atoms with Crippen molar-refractivity contribution in [1.82, 2.24) is 10.2 Å². The van der Waals surface area contributed by atoms with E-state index in [1.807, 2.05) is 0 Å². The predicted molar refractivity (Wildman–Crippen MR) is 94.3 cm³/mol. The Morgan fingerprint density at radius 3 is 2.75 bits per heavy atom. The van der Waals surface area contributed by atoms with E-state index in [1.54, 1.807) is 36.3 Å². The second-order valence-electron chi connectivity index (χ2n) is 5.92. The lowest BCUT2D eigenvalue weighted by molar-refractivity contribution is -0.122. The summed E-state index contributed by atoms with van der Waals surface area (Å²) in [6.07, 6.45) is 2.18. The smallest absolute Gasteiger partial charge is 0.321 e. The molecule has 0 atom stereocenters. The zero-order chi connectivity index (χ0) is 17.4. The molecule has 1 aromatic carbocycles. The average Bonchev–Trinajstić information content (AvgIpc) is 2.55. The van der Waals surface area contributed by atoms with Gasteiger partial charge in [0, 0.05) is 43.9 Å². The molecular weight excluding hydrogens is 330 g/mol. The van der Waals surface area contributed by atoms with E-state index < -0.39 is 0 Å². The van der Waals surface area contributed by atoms with Crippen molar-refractivity contribution in [2.75, 3.05) is 38.7 Å². The molecule has 6 nitrogen and oxygen atoms in total. The van der Waals surface area contributed by atoms with Gasteiger partial charge in [-0.25, -0.2) is 4.79 Å². The fraction of sp³-hybridized carbons (Fsp3) is 0.529. The predicted octanol–water partition coefficient (Wildman–Crippen LogP) is 2.74. The van der Waals surface area contributed by atoms with Crippen molar-refractivity contribution in [3.8, 4) is 0 Å². The van der Waals surface area contributed by atoms with Crippen LogP contribution in [-0.2, 0) is 9.53 Å². The van der Waals surface area contributed by atoms with Crippen molar-refractivity contribution in [2.24, 2.45) is 5.92 Å². The van der Waals surface area contributed by atoms with E-state index in [-0.39, 0.29) is 11.9 Å². The topological polar surface area (TPSA) is 70.7 Å². The molecule has 1 aliphatic rings. The van der Waals surface area contributed by atoms with Crippen LogP contribution < -0.4 is 10.6 Å². The van der Waals surface area contributed by atoms with Gasteiger partial charge in [0.2, 0.25) is 5.91 Å². The lowest BCUT2D eigenvalue weighted by Gasteiger charge is -2.31. The Kier molecular flexibility index (Phi) is 7.34. The molecule has 1 aromatic rings.